The molecule has 0 fully saturated rings. The number of methoxy groups -OCH3 is 1. The Balaban J connectivity index is 3.12. The lowest BCUT2D eigenvalue weighted by Gasteiger charge is -2.19. The molecule has 0 bridgehead atoms. The van der Waals surface area contributed by atoms with Gasteiger partial charge in [0.2, 0.25) is 0 Å². The highest BCUT2D eigenvalue weighted by Crippen LogP contribution is 2.24. The van der Waals surface area contributed by atoms with Crippen LogP contribution >= 0.6 is 11.6 Å². The first kappa shape index (κ1) is 15.9. The molecule has 0 aliphatic carbocycles. The lowest BCUT2D eigenvalue weighted by molar-refractivity contribution is -0.385. The fourth-order valence-corrected chi connectivity index (χ4v) is 1.72. The molecule has 1 aromatic rings. The third-order valence-electron chi connectivity index (χ3n) is 2.60. The fraction of sp³-hybridized carbons (Fsp3) is 0.333. The predicted octanol–water partition coefficient (Wildman–Crippen LogP) is 1.88. The number of hydrogen-bond acceptors (Lipinski definition) is 5. The quantitative estimate of drug-likeness (QED) is 0.470. The van der Waals surface area contributed by atoms with Gasteiger partial charge in [-0.15, -0.1) is 0 Å². The van der Waals surface area contributed by atoms with Crippen molar-refractivity contribution >= 4 is 29.2 Å². The number of hydrogen-bond donors (Lipinski definition) is 0. The normalized spacial score (nSPS) is 9.95. The van der Waals surface area contributed by atoms with E-state index >= 15 is 0 Å². The van der Waals surface area contributed by atoms with Gasteiger partial charge >= 0.3 is 5.97 Å². The van der Waals surface area contributed by atoms with Crippen LogP contribution in [0.1, 0.15) is 17.3 Å². The summed E-state index contributed by atoms with van der Waals surface area (Å²) in [5.41, 5.74) is -0.518. The van der Waals surface area contributed by atoms with Gasteiger partial charge in [0.1, 0.15) is 12.1 Å². The molecule has 7 nitrogen and oxygen atoms in total. The number of nitro groups is 1. The minimum atomic E-state index is -0.689. The minimum absolute atomic E-state index is 0.120. The molecule has 0 saturated heterocycles. The summed E-state index contributed by atoms with van der Waals surface area (Å²) >= 11 is 5.68. The Hall–Kier alpha value is -2.15. The second kappa shape index (κ2) is 6.85. The number of halogens is 1. The Morgan fingerprint density at radius 2 is 2.10 bits per heavy atom. The third-order valence-corrected chi connectivity index (χ3v) is 2.84. The summed E-state index contributed by atoms with van der Waals surface area (Å²) < 4.78 is 4.48. The largest absolute Gasteiger partial charge is 0.468 e. The number of nitrogens with zero attached hydrogens (tertiary/aromatic N) is 2. The number of rotatable bonds is 5. The summed E-state index contributed by atoms with van der Waals surface area (Å²) in [6.45, 7) is 1.60. The van der Waals surface area contributed by atoms with Crippen molar-refractivity contribution in [1.82, 2.24) is 4.90 Å². The van der Waals surface area contributed by atoms with Crippen molar-refractivity contribution in [3.8, 4) is 0 Å². The number of ether oxygens (including phenoxy) is 1. The molecule has 8 heteroatoms. The summed E-state index contributed by atoms with van der Waals surface area (Å²) in [6.07, 6.45) is 0. The Kier molecular flexibility index (Phi) is 5.45. The Morgan fingerprint density at radius 1 is 1.45 bits per heavy atom. The maximum absolute atomic E-state index is 12.2. The third kappa shape index (κ3) is 3.67. The van der Waals surface area contributed by atoms with Gasteiger partial charge in [-0.1, -0.05) is 11.6 Å². The van der Waals surface area contributed by atoms with Gasteiger partial charge in [0.25, 0.3) is 11.6 Å². The van der Waals surface area contributed by atoms with Gasteiger partial charge in [-0.25, -0.2) is 0 Å². The second-order valence-electron chi connectivity index (χ2n) is 3.81. The van der Waals surface area contributed by atoms with Crippen molar-refractivity contribution in [2.45, 2.75) is 6.92 Å². The summed E-state index contributed by atoms with van der Waals surface area (Å²) in [6, 6.07) is 3.75. The SMILES string of the molecule is CCN(CC(=O)OC)C(=O)c1ccc(Cl)cc1[N+](=O)[O-]. The smallest absolute Gasteiger partial charge is 0.325 e. The van der Waals surface area contributed by atoms with E-state index in [0.717, 1.165) is 11.0 Å². The molecule has 1 rings (SSSR count). The first-order valence-electron chi connectivity index (χ1n) is 5.70. The topological polar surface area (TPSA) is 89.8 Å². The fourth-order valence-electron chi connectivity index (χ4n) is 1.55. The minimum Gasteiger partial charge on any atom is -0.468 e. The molecule has 0 saturated carbocycles. The molecule has 0 N–H and O–H groups in total. The van der Waals surface area contributed by atoms with Crippen molar-refractivity contribution in [2.75, 3.05) is 20.2 Å². The number of carbonyl (C=O) groups excluding carboxylic acids is 2. The van der Waals surface area contributed by atoms with E-state index in [0.29, 0.717) is 0 Å². The van der Waals surface area contributed by atoms with Gasteiger partial charge in [0, 0.05) is 17.6 Å². The summed E-state index contributed by atoms with van der Waals surface area (Å²) in [4.78, 5) is 34.9. The molecule has 0 aromatic heterocycles. The average molecular weight is 301 g/mol. The van der Waals surface area contributed by atoms with E-state index in [1.54, 1.807) is 6.92 Å². The maximum Gasteiger partial charge on any atom is 0.325 e. The van der Waals surface area contributed by atoms with Crippen LogP contribution < -0.4 is 0 Å². The molecule has 0 aliphatic rings. The summed E-state index contributed by atoms with van der Waals surface area (Å²) in [7, 11) is 1.20. The van der Waals surface area contributed by atoms with Crippen LogP contribution in [0.4, 0.5) is 5.69 Å². The van der Waals surface area contributed by atoms with Crippen LogP contribution in [0, 0.1) is 10.1 Å². The number of nitro benzene ring substituents is 1. The van der Waals surface area contributed by atoms with E-state index in [2.05, 4.69) is 4.74 Å². The highest BCUT2D eigenvalue weighted by molar-refractivity contribution is 6.31. The van der Waals surface area contributed by atoms with Crippen LogP contribution in [0.15, 0.2) is 18.2 Å². The van der Waals surface area contributed by atoms with E-state index in [-0.39, 0.29) is 23.7 Å². The zero-order chi connectivity index (χ0) is 15.3. The van der Waals surface area contributed by atoms with E-state index in [9.17, 15) is 19.7 Å². The van der Waals surface area contributed by atoms with Crippen LogP contribution in [0.5, 0.6) is 0 Å². The first-order chi connectivity index (χ1) is 9.40. The van der Waals surface area contributed by atoms with Gasteiger partial charge in [-0.3, -0.25) is 19.7 Å². The van der Waals surface area contributed by atoms with Gasteiger partial charge < -0.3 is 9.64 Å². The Morgan fingerprint density at radius 3 is 2.60 bits per heavy atom. The van der Waals surface area contributed by atoms with E-state index < -0.39 is 22.5 Å². The van der Waals surface area contributed by atoms with Crippen LogP contribution in [-0.4, -0.2) is 41.9 Å². The average Bonchev–Trinajstić information content (AvgIpc) is 2.43. The lowest BCUT2D eigenvalue weighted by Crippen LogP contribution is -2.36. The molecule has 20 heavy (non-hydrogen) atoms. The van der Waals surface area contributed by atoms with Gasteiger partial charge in [0.05, 0.1) is 12.0 Å². The highest BCUT2D eigenvalue weighted by atomic mass is 35.5. The highest BCUT2D eigenvalue weighted by Gasteiger charge is 2.25. The standard InChI is InChI=1S/C12H13ClN2O5/c1-3-14(7-11(16)20-2)12(17)9-5-4-8(13)6-10(9)15(18)19/h4-6H,3,7H2,1-2H3. The molecule has 0 heterocycles. The second-order valence-corrected chi connectivity index (χ2v) is 4.25. The number of esters is 1. The van der Waals surface area contributed by atoms with Crippen molar-refractivity contribution < 1.29 is 19.2 Å². The van der Waals surface area contributed by atoms with E-state index in [4.69, 9.17) is 11.6 Å². The van der Waals surface area contributed by atoms with Crippen molar-refractivity contribution in [3.63, 3.8) is 0 Å². The van der Waals surface area contributed by atoms with E-state index in [1.807, 2.05) is 0 Å². The molecule has 0 aliphatic heterocycles. The molecule has 0 radical (unpaired) electrons. The van der Waals surface area contributed by atoms with Crippen LogP contribution in [0.25, 0.3) is 0 Å². The number of likely N-dealkylation sites (N-methyl/N-ethyl adjacent to an activating group) is 1. The van der Waals surface area contributed by atoms with Crippen molar-refractivity contribution in [3.05, 3.63) is 38.9 Å². The molecule has 108 valence electrons. The zero-order valence-corrected chi connectivity index (χ0v) is 11.7. The maximum atomic E-state index is 12.2. The molecular formula is C12H13ClN2O5. The first-order valence-corrected chi connectivity index (χ1v) is 6.08. The number of amides is 1. The van der Waals surface area contributed by atoms with Crippen LogP contribution in [0.2, 0.25) is 5.02 Å². The molecule has 1 amide bonds. The lowest BCUT2D eigenvalue weighted by atomic mass is 10.1. The molecule has 0 atom stereocenters. The predicted molar refractivity (Wildman–Crippen MR) is 71.7 cm³/mol. The molecule has 0 unspecified atom stereocenters. The summed E-state index contributed by atoms with van der Waals surface area (Å²) in [5, 5.41) is 11.1. The molecule has 1 aromatic carbocycles. The van der Waals surface area contributed by atoms with Crippen molar-refractivity contribution in [1.29, 1.82) is 0 Å². The van der Waals surface area contributed by atoms with Crippen LogP contribution in [0.3, 0.4) is 0 Å². The Bertz CT molecular complexity index is 547. The zero-order valence-electron chi connectivity index (χ0n) is 11.0. The van der Waals surface area contributed by atoms with Gasteiger partial charge in [-0.2, -0.15) is 0 Å². The van der Waals surface area contributed by atoms with Crippen molar-refractivity contribution in [2.24, 2.45) is 0 Å². The summed E-state index contributed by atoms with van der Waals surface area (Å²) in [5.74, 6) is -1.22. The number of carbonyl (C=O) groups is 2. The van der Waals surface area contributed by atoms with Gasteiger partial charge in [-0.05, 0) is 19.1 Å². The monoisotopic (exact) mass is 300 g/mol. The van der Waals surface area contributed by atoms with E-state index in [1.165, 1.54) is 19.2 Å². The van der Waals surface area contributed by atoms with Crippen LogP contribution in [-0.2, 0) is 9.53 Å². The number of benzene rings is 1. The van der Waals surface area contributed by atoms with Gasteiger partial charge in [0.15, 0.2) is 0 Å². The Labute approximate surface area is 120 Å². The molecular weight excluding hydrogens is 288 g/mol. The molecule has 0 spiro atoms.